The molecule has 0 saturated carbocycles. The number of hydrogen-bond donors (Lipinski definition) is 0. The van der Waals surface area contributed by atoms with Gasteiger partial charge in [0.25, 0.3) is 0 Å². The van der Waals surface area contributed by atoms with Gasteiger partial charge >= 0.3 is 0 Å². The van der Waals surface area contributed by atoms with Gasteiger partial charge in [-0.05, 0) is 70.8 Å². The molecule has 0 radical (unpaired) electrons. The summed E-state index contributed by atoms with van der Waals surface area (Å²) in [6.45, 7) is 2.45. The molecule has 0 unspecified atom stereocenters. The van der Waals surface area contributed by atoms with Crippen LogP contribution in [0.15, 0.2) is 48.5 Å². The Bertz CT molecular complexity index is 620. The Morgan fingerprint density at radius 1 is 0.950 bits per heavy atom. The highest BCUT2D eigenvalue weighted by Crippen LogP contribution is 2.43. The molecule has 2 atom stereocenters. The predicted octanol–water partition coefficient (Wildman–Crippen LogP) is 4.57. The highest BCUT2D eigenvalue weighted by Gasteiger charge is 2.35. The molecule has 1 fully saturated rings. The summed E-state index contributed by atoms with van der Waals surface area (Å²) in [5.41, 5.74) is 4.58. The Hall–Kier alpha value is -0.870. The van der Waals surface area contributed by atoms with E-state index in [9.17, 15) is 0 Å². The van der Waals surface area contributed by atoms with Crippen molar-refractivity contribution >= 4 is 22.6 Å². The van der Waals surface area contributed by atoms with Crippen LogP contribution in [0.2, 0.25) is 0 Å². The Morgan fingerprint density at radius 3 is 2.50 bits per heavy atom. The fourth-order valence-corrected chi connectivity index (χ4v) is 4.20. The van der Waals surface area contributed by atoms with Crippen LogP contribution in [0.25, 0.3) is 0 Å². The molecular formula is C18H18IN. The van der Waals surface area contributed by atoms with Crippen LogP contribution in [-0.2, 0) is 0 Å². The maximum Gasteiger partial charge on any atom is 0.0351 e. The molecule has 0 aromatic heterocycles. The van der Waals surface area contributed by atoms with Crippen molar-refractivity contribution < 1.29 is 0 Å². The third-order valence-electron chi connectivity index (χ3n) is 4.78. The lowest BCUT2D eigenvalue weighted by atomic mass is 9.82. The van der Waals surface area contributed by atoms with Crippen molar-refractivity contribution in [2.75, 3.05) is 13.1 Å². The lowest BCUT2D eigenvalue weighted by molar-refractivity contribution is 0.230. The number of hydrogen-bond acceptors (Lipinski definition) is 1. The Labute approximate surface area is 134 Å². The fraction of sp³-hybridized carbons (Fsp3) is 0.333. The van der Waals surface area contributed by atoms with Crippen LogP contribution in [0.3, 0.4) is 0 Å². The van der Waals surface area contributed by atoms with Crippen LogP contribution in [0.4, 0.5) is 0 Å². The maximum atomic E-state index is 2.69. The highest BCUT2D eigenvalue weighted by molar-refractivity contribution is 14.1. The minimum atomic E-state index is 0.539. The van der Waals surface area contributed by atoms with E-state index in [1.54, 1.807) is 11.1 Å². The van der Waals surface area contributed by atoms with E-state index in [0.29, 0.717) is 12.0 Å². The third kappa shape index (κ3) is 2.09. The van der Waals surface area contributed by atoms with Crippen molar-refractivity contribution in [3.8, 4) is 0 Å². The zero-order valence-electron chi connectivity index (χ0n) is 11.4. The number of benzene rings is 2. The summed E-state index contributed by atoms with van der Waals surface area (Å²) in [6.07, 6.45) is 2.68. The molecule has 2 heterocycles. The van der Waals surface area contributed by atoms with Crippen LogP contribution >= 0.6 is 22.6 Å². The Balaban J connectivity index is 1.80. The van der Waals surface area contributed by atoms with E-state index in [1.165, 1.54) is 35.1 Å². The highest BCUT2D eigenvalue weighted by atomic mass is 127. The second kappa shape index (κ2) is 5.15. The molecule has 2 aliphatic rings. The van der Waals surface area contributed by atoms with E-state index in [4.69, 9.17) is 0 Å². The molecule has 20 heavy (non-hydrogen) atoms. The van der Waals surface area contributed by atoms with Gasteiger partial charge in [0.2, 0.25) is 0 Å². The summed E-state index contributed by atoms with van der Waals surface area (Å²) in [7, 11) is 0. The third-order valence-corrected chi connectivity index (χ3v) is 5.50. The minimum Gasteiger partial charge on any atom is -0.295 e. The van der Waals surface area contributed by atoms with Gasteiger partial charge in [-0.2, -0.15) is 0 Å². The van der Waals surface area contributed by atoms with E-state index in [-0.39, 0.29) is 0 Å². The second-order valence-electron chi connectivity index (χ2n) is 5.89. The molecule has 4 rings (SSSR count). The molecule has 2 aliphatic heterocycles. The fourth-order valence-electron chi connectivity index (χ4n) is 3.84. The van der Waals surface area contributed by atoms with Crippen molar-refractivity contribution in [3.63, 3.8) is 0 Å². The van der Waals surface area contributed by atoms with Crippen molar-refractivity contribution in [2.24, 2.45) is 0 Å². The predicted molar refractivity (Wildman–Crippen MR) is 91.0 cm³/mol. The monoisotopic (exact) mass is 375 g/mol. The lowest BCUT2D eigenvalue weighted by Crippen LogP contribution is -2.34. The van der Waals surface area contributed by atoms with E-state index in [2.05, 4.69) is 76.0 Å². The first-order valence-electron chi connectivity index (χ1n) is 7.41. The van der Waals surface area contributed by atoms with E-state index in [1.807, 2.05) is 0 Å². The maximum absolute atomic E-state index is 2.69. The summed E-state index contributed by atoms with van der Waals surface area (Å²) >= 11 is 2.38. The first kappa shape index (κ1) is 12.8. The van der Waals surface area contributed by atoms with Crippen LogP contribution in [0.1, 0.15) is 41.5 Å². The molecule has 2 heteroatoms. The zero-order valence-corrected chi connectivity index (χ0v) is 13.6. The van der Waals surface area contributed by atoms with Gasteiger partial charge in [-0.3, -0.25) is 4.90 Å². The standard InChI is InChI=1S/C18H18IN/c19-14-9-7-13(8-10-14)17-12-20-11-3-6-18(20)16-5-2-1-4-15(16)17/h1-2,4-5,7-10,17-18H,3,6,11-12H2/t17-,18-/m0/s1. The second-order valence-corrected chi connectivity index (χ2v) is 7.13. The largest absolute Gasteiger partial charge is 0.295 e. The quantitative estimate of drug-likeness (QED) is 0.660. The van der Waals surface area contributed by atoms with Crippen LogP contribution in [-0.4, -0.2) is 18.0 Å². The van der Waals surface area contributed by atoms with Crippen molar-refractivity contribution in [1.29, 1.82) is 0 Å². The SMILES string of the molecule is Ic1ccc([C@@H]2CN3CCC[C@H]3c3ccccc32)cc1. The summed E-state index contributed by atoms with van der Waals surface area (Å²) in [5, 5.41) is 0. The van der Waals surface area contributed by atoms with Gasteiger partial charge in [-0.25, -0.2) is 0 Å². The summed E-state index contributed by atoms with van der Waals surface area (Å²) < 4.78 is 1.31. The molecule has 0 bridgehead atoms. The van der Waals surface area contributed by atoms with Crippen LogP contribution < -0.4 is 0 Å². The van der Waals surface area contributed by atoms with Crippen molar-refractivity contribution in [1.82, 2.24) is 4.90 Å². The topological polar surface area (TPSA) is 3.24 Å². The number of fused-ring (bicyclic) bond motifs is 3. The number of nitrogens with zero attached hydrogens (tertiary/aromatic N) is 1. The van der Waals surface area contributed by atoms with Crippen LogP contribution in [0, 0.1) is 3.57 Å². The van der Waals surface area contributed by atoms with Crippen molar-refractivity contribution in [3.05, 3.63) is 68.8 Å². The average Bonchev–Trinajstić information content (AvgIpc) is 2.96. The first-order valence-corrected chi connectivity index (χ1v) is 8.49. The lowest BCUT2D eigenvalue weighted by Gasteiger charge is -2.37. The van der Waals surface area contributed by atoms with Gasteiger partial charge < -0.3 is 0 Å². The van der Waals surface area contributed by atoms with Gasteiger partial charge in [0, 0.05) is 22.1 Å². The van der Waals surface area contributed by atoms with Crippen molar-refractivity contribution in [2.45, 2.75) is 24.8 Å². The van der Waals surface area contributed by atoms with Gasteiger partial charge in [-0.1, -0.05) is 36.4 Å². The molecule has 0 spiro atoms. The summed E-state index contributed by atoms with van der Waals surface area (Å²) in [5.74, 6) is 0.539. The smallest absolute Gasteiger partial charge is 0.0351 e. The Morgan fingerprint density at radius 2 is 1.70 bits per heavy atom. The van der Waals surface area contributed by atoms with E-state index in [0.717, 1.165) is 0 Å². The molecule has 1 saturated heterocycles. The van der Waals surface area contributed by atoms with Gasteiger partial charge in [0.1, 0.15) is 0 Å². The number of halogens is 1. The molecule has 102 valence electrons. The van der Waals surface area contributed by atoms with Crippen LogP contribution in [0.5, 0.6) is 0 Å². The Kier molecular flexibility index (Phi) is 3.31. The molecule has 2 aromatic carbocycles. The number of rotatable bonds is 1. The zero-order chi connectivity index (χ0) is 13.5. The molecule has 0 amide bonds. The summed E-state index contributed by atoms with van der Waals surface area (Å²) in [6, 6.07) is 18.8. The van der Waals surface area contributed by atoms with E-state index >= 15 is 0 Å². The minimum absolute atomic E-state index is 0.539. The normalized spacial score (nSPS) is 25.2. The first-order chi connectivity index (χ1) is 9.83. The van der Waals surface area contributed by atoms with E-state index < -0.39 is 0 Å². The van der Waals surface area contributed by atoms with Gasteiger partial charge in [0.15, 0.2) is 0 Å². The molecular weight excluding hydrogens is 357 g/mol. The summed E-state index contributed by atoms with van der Waals surface area (Å²) in [4.78, 5) is 2.69. The van der Waals surface area contributed by atoms with Gasteiger partial charge in [0.05, 0.1) is 0 Å². The molecule has 1 nitrogen and oxygen atoms in total. The molecule has 2 aromatic rings. The molecule has 0 aliphatic carbocycles. The average molecular weight is 375 g/mol. The van der Waals surface area contributed by atoms with Gasteiger partial charge in [-0.15, -0.1) is 0 Å². The molecule has 0 N–H and O–H groups in total.